The molecule has 33 heavy (non-hydrogen) atoms. The largest absolute Gasteiger partial charge is 0.353 e. The number of hydrogen-bond acceptors (Lipinski definition) is 5. The Morgan fingerprint density at radius 3 is 2.45 bits per heavy atom. The zero-order valence-electron chi connectivity index (χ0n) is 18.9. The van der Waals surface area contributed by atoms with Crippen molar-refractivity contribution < 1.29 is 4.79 Å². The Morgan fingerprint density at radius 2 is 1.76 bits per heavy atom. The first-order chi connectivity index (χ1) is 15.9. The molecule has 0 bridgehead atoms. The smallest absolute Gasteiger partial charge is 0.263 e. The van der Waals surface area contributed by atoms with Gasteiger partial charge in [0.15, 0.2) is 5.16 Å². The lowest BCUT2D eigenvalue weighted by atomic mass is 10.1. The molecule has 0 unspecified atom stereocenters. The van der Waals surface area contributed by atoms with Gasteiger partial charge in [-0.05, 0) is 37.8 Å². The second-order valence-electron chi connectivity index (χ2n) is 8.15. The molecule has 170 valence electrons. The average molecular weight is 478 g/mol. The van der Waals surface area contributed by atoms with Gasteiger partial charge in [-0.25, -0.2) is 4.98 Å². The van der Waals surface area contributed by atoms with E-state index in [4.69, 9.17) is 4.98 Å². The Balaban J connectivity index is 1.45. The normalized spacial score (nSPS) is 13.1. The summed E-state index contributed by atoms with van der Waals surface area (Å²) in [4.78, 5) is 31.4. The monoisotopic (exact) mass is 477 g/mol. The maximum atomic E-state index is 13.2. The summed E-state index contributed by atoms with van der Waals surface area (Å²) >= 11 is 2.77. The van der Waals surface area contributed by atoms with Crippen molar-refractivity contribution in [1.82, 2.24) is 14.9 Å². The van der Waals surface area contributed by atoms with E-state index in [-0.39, 0.29) is 22.8 Å². The number of nitrogens with one attached hydrogen (secondary N) is 1. The molecule has 7 heteroatoms. The number of carbonyl (C=O) groups excluding carboxylic acids is 1. The van der Waals surface area contributed by atoms with Crippen LogP contribution in [0.2, 0.25) is 0 Å². The molecule has 0 aliphatic carbocycles. The molecule has 4 aromatic rings. The van der Waals surface area contributed by atoms with Crippen LogP contribution in [0.5, 0.6) is 0 Å². The highest BCUT2D eigenvalue weighted by Gasteiger charge is 2.21. The number of aryl methyl sites for hydroxylation is 1. The van der Waals surface area contributed by atoms with E-state index in [2.05, 4.69) is 17.4 Å². The third kappa shape index (κ3) is 5.37. The number of fused-ring (bicyclic) bond motifs is 1. The zero-order valence-corrected chi connectivity index (χ0v) is 20.6. The molecule has 1 amide bonds. The van der Waals surface area contributed by atoms with Crippen molar-refractivity contribution in [1.29, 1.82) is 0 Å². The third-order valence-corrected chi connectivity index (χ3v) is 7.62. The van der Waals surface area contributed by atoms with Crippen molar-refractivity contribution in [2.45, 2.75) is 43.1 Å². The van der Waals surface area contributed by atoms with Gasteiger partial charge in [0, 0.05) is 24.0 Å². The highest BCUT2D eigenvalue weighted by Crippen LogP contribution is 2.32. The fourth-order valence-electron chi connectivity index (χ4n) is 3.66. The quantitative estimate of drug-likeness (QED) is 0.277. The average Bonchev–Trinajstić information content (AvgIpc) is 3.26. The van der Waals surface area contributed by atoms with E-state index in [1.165, 1.54) is 28.7 Å². The predicted octanol–water partition coefficient (Wildman–Crippen LogP) is 5.28. The molecule has 0 saturated carbocycles. The van der Waals surface area contributed by atoms with Gasteiger partial charge in [0.25, 0.3) is 5.56 Å². The van der Waals surface area contributed by atoms with Gasteiger partial charge in [-0.2, -0.15) is 0 Å². The predicted molar refractivity (Wildman–Crippen MR) is 138 cm³/mol. The van der Waals surface area contributed by atoms with Gasteiger partial charge >= 0.3 is 0 Å². The first-order valence-electron chi connectivity index (χ1n) is 11.0. The number of benzene rings is 2. The van der Waals surface area contributed by atoms with Crippen LogP contribution in [0.25, 0.3) is 21.3 Å². The van der Waals surface area contributed by atoms with Crippen LogP contribution in [0.1, 0.15) is 25.8 Å². The molecule has 1 N–H and O–H groups in total. The summed E-state index contributed by atoms with van der Waals surface area (Å²) in [5.41, 5.74) is 3.07. The van der Waals surface area contributed by atoms with Gasteiger partial charge in [0.05, 0.1) is 10.6 Å². The SMILES string of the molecule is C[C@H](CCc1ccccc1)NC(=O)[C@H](C)Sc1nc2scc(-c3ccccc3)c2c(=O)n1C. The highest BCUT2D eigenvalue weighted by molar-refractivity contribution is 8.00. The van der Waals surface area contributed by atoms with Crippen LogP contribution in [-0.4, -0.2) is 26.8 Å². The molecule has 0 spiro atoms. The Morgan fingerprint density at radius 1 is 1.09 bits per heavy atom. The summed E-state index contributed by atoms with van der Waals surface area (Å²) in [5.74, 6) is -0.0499. The number of thioether (sulfide) groups is 1. The van der Waals surface area contributed by atoms with E-state index in [0.717, 1.165) is 24.0 Å². The van der Waals surface area contributed by atoms with E-state index < -0.39 is 0 Å². The van der Waals surface area contributed by atoms with Crippen LogP contribution >= 0.6 is 23.1 Å². The van der Waals surface area contributed by atoms with Crippen LogP contribution in [0.15, 0.2) is 76.0 Å². The minimum absolute atomic E-state index is 0.0499. The molecule has 0 aliphatic heterocycles. The van der Waals surface area contributed by atoms with Crippen molar-refractivity contribution >= 4 is 39.2 Å². The molecule has 0 fully saturated rings. The fraction of sp³-hybridized carbons (Fsp3) is 0.269. The van der Waals surface area contributed by atoms with Crippen molar-refractivity contribution in [2.24, 2.45) is 7.05 Å². The number of carbonyl (C=O) groups is 1. The van der Waals surface area contributed by atoms with Crippen LogP contribution in [-0.2, 0) is 18.3 Å². The molecule has 5 nitrogen and oxygen atoms in total. The highest BCUT2D eigenvalue weighted by atomic mass is 32.2. The van der Waals surface area contributed by atoms with Gasteiger partial charge in [-0.3, -0.25) is 14.2 Å². The summed E-state index contributed by atoms with van der Waals surface area (Å²) in [6, 6.07) is 20.2. The van der Waals surface area contributed by atoms with E-state index >= 15 is 0 Å². The topological polar surface area (TPSA) is 64.0 Å². The number of aromatic nitrogens is 2. The fourth-order valence-corrected chi connectivity index (χ4v) is 5.53. The maximum absolute atomic E-state index is 13.2. The first kappa shape index (κ1) is 23.3. The molecular weight excluding hydrogens is 450 g/mol. The minimum atomic E-state index is -0.367. The first-order valence-corrected chi connectivity index (χ1v) is 12.7. The van der Waals surface area contributed by atoms with Crippen LogP contribution in [0, 0.1) is 0 Å². The van der Waals surface area contributed by atoms with Crippen molar-refractivity contribution in [3.63, 3.8) is 0 Å². The molecule has 0 aliphatic rings. The van der Waals surface area contributed by atoms with Gasteiger partial charge < -0.3 is 5.32 Å². The number of nitrogens with zero attached hydrogens (tertiary/aromatic N) is 2. The molecule has 2 aromatic heterocycles. The molecule has 2 aromatic carbocycles. The second kappa shape index (κ2) is 10.4. The Bertz CT molecular complexity index is 1300. The summed E-state index contributed by atoms with van der Waals surface area (Å²) in [6.45, 7) is 3.87. The van der Waals surface area contributed by atoms with E-state index in [0.29, 0.717) is 15.4 Å². The maximum Gasteiger partial charge on any atom is 0.263 e. The molecule has 0 saturated heterocycles. The number of hydrogen-bond donors (Lipinski definition) is 1. The van der Waals surface area contributed by atoms with Gasteiger partial charge in [0.1, 0.15) is 4.83 Å². The lowest BCUT2D eigenvalue weighted by Gasteiger charge is -2.18. The van der Waals surface area contributed by atoms with Crippen molar-refractivity contribution in [3.05, 3.63) is 82.0 Å². The van der Waals surface area contributed by atoms with E-state index in [9.17, 15) is 9.59 Å². The van der Waals surface area contributed by atoms with Crippen LogP contribution < -0.4 is 10.9 Å². The second-order valence-corrected chi connectivity index (χ2v) is 10.3. The molecule has 2 atom stereocenters. The molecule has 4 rings (SSSR count). The Labute approximate surface area is 201 Å². The van der Waals surface area contributed by atoms with Gasteiger partial charge in [0.2, 0.25) is 5.91 Å². The summed E-state index contributed by atoms with van der Waals surface area (Å²) in [5, 5.41) is 5.89. The third-order valence-electron chi connectivity index (χ3n) is 5.61. The van der Waals surface area contributed by atoms with Crippen LogP contribution in [0.3, 0.4) is 0 Å². The molecule has 2 heterocycles. The Kier molecular flexibility index (Phi) is 7.30. The minimum Gasteiger partial charge on any atom is -0.353 e. The number of thiophene rings is 1. The van der Waals surface area contributed by atoms with Gasteiger partial charge in [-0.1, -0.05) is 72.4 Å². The van der Waals surface area contributed by atoms with E-state index in [1.807, 2.05) is 67.8 Å². The van der Waals surface area contributed by atoms with Crippen LogP contribution in [0.4, 0.5) is 0 Å². The van der Waals surface area contributed by atoms with E-state index in [1.54, 1.807) is 11.6 Å². The Hall–Kier alpha value is -2.90. The number of amides is 1. The lowest BCUT2D eigenvalue weighted by Crippen LogP contribution is -2.38. The van der Waals surface area contributed by atoms with Crippen molar-refractivity contribution in [3.8, 4) is 11.1 Å². The zero-order chi connectivity index (χ0) is 23.4. The summed E-state index contributed by atoms with van der Waals surface area (Å²) in [7, 11) is 1.72. The standard InChI is InChI=1S/C26H27N3O2S2/c1-17(14-15-19-10-6-4-7-11-19)27-23(30)18(2)33-26-28-24-22(25(31)29(26)3)21(16-32-24)20-12-8-5-9-13-20/h4-13,16-18H,14-15H2,1-3H3,(H,27,30)/t17-,18+/m1/s1. The lowest BCUT2D eigenvalue weighted by molar-refractivity contribution is -0.120. The number of rotatable bonds is 8. The molecular formula is C26H27N3O2S2. The van der Waals surface area contributed by atoms with Gasteiger partial charge in [-0.15, -0.1) is 11.3 Å². The summed E-state index contributed by atoms with van der Waals surface area (Å²) in [6.07, 6.45) is 1.78. The molecule has 0 radical (unpaired) electrons. The van der Waals surface area contributed by atoms with Crippen molar-refractivity contribution in [2.75, 3.05) is 0 Å². The summed E-state index contributed by atoms with van der Waals surface area (Å²) < 4.78 is 1.55.